The highest BCUT2D eigenvalue weighted by atomic mass is 32.1. The van der Waals surface area contributed by atoms with Crippen molar-refractivity contribution in [2.75, 3.05) is 18.4 Å². The number of hydrogen-bond donors (Lipinski definition) is 2. The highest BCUT2D eigenvalue weighted by molar-refractivity contribution is 7.13. The minimum absolute atomic E-state index is 0.163. The van der Waals surface area contributed by atoms with Crippen molar-refractivity contribution in [1.82, 2.24) is 15.1 Å². The number of rotatable bonds is 5. The second-order valence-corrected chi connectivity index (χ2v) is 4.29. The quantitative estimate of drug-likeness (QED) is 0.825. The van der Waals surface area contributed by atoms with E-state index in [1.807, 2.05) is 0 Å². The summed E-state index contributed by atoms with van der Waals surface area (Å²) in [6.07, 6.45) is 0. The van der Waals surface area contributed by atoms with Gasteiger partial charge in [-0.2, -0.15) is 0 Å². The molecule has 1 aromatic heterocycles. The van der Waals surface area contributed by atoms with Crippen LogP contribution in [0.3, 0.4) is 0 Å². The van der Waals surface area contributed by atoms with Crippen LogP contribution in [0.2, 0.25) is 0 Å². The fraction of sp³-hybridized carbons (Fsp3) is 0.556. The number of carboxylic acid groups (broad SMARTS) is 1. The molecule has 2 amide bonds. The summed E-state index contributed by atoms with van der Waals surface area (Å²) >= 11 is 1.21. The van der Waals surface area contributed by atoms with E-state index < -0.39 is 11.9 Å². The number of anilines is 1. The average molecular weight is 258 g/mol. The second-order valence-electron chi connectivity index (χ2n) is 3.45. The molecule has 7 nitrogen and oxygen atoms in total. The van der Waals surface area contributed by atoms with Crippen LogP contribution in [-0.2, 0) is 4.79 Å². The third-order valence-corrected chi connectivity index (χ3v) is 2.77. The van der Waals surface area contributed by atoms with Crippen LogP contribution in [0.5, 0.6) is 0 Å². The van der Waals surface area contributed by atoms with E-state index in [2.05, 4.69) is 15.5 Å². The lowest BCUT2D eigenvalue weighted by Crippen LogP contribution is -2.39. The summed E-state index contributed by atoms with van der Waals surface area (Å²) in [5.41, 5.74) is 1.51. The number of urea groups is 1. The highest BCUT2D eigenvalue weighted by Crippen LogP contribution is 2.10. The van der Waals surface area contributed by atoms with E-state index >= 15 is 0 Å². The number of hydrogen-bond acceptors (Lipinski definition) is 5. The molecule has 0 bridgehead atoms. The first-order valence-corrected chi connectivity index (χ1v) is 5.97. The first kappa shape index (κ1) is 13.4. The Bertz CT molecular complexity index is 382. The molecule has 1 rings (SSSR count). The summed E-state index contributed by atoms with van der Waals surface area (Å²) in [4.78, 5) is 23.9. The normalized spacial score (nSPS) is 11.9. The Hall–Kier alpha value is -1.70. The van der Waals surface area contributed by atoms with Gasteiger partial charge >= 0.3 is 12.0 Å². The van der Waals surface area contributed by atoms with Gasteiger partial charge in [0.2, 0.25) is 5.13 Å². The first-order valence-electron chi connectivity index (χ1n) is 5.09. The van der Waals surface area contributed by atoms with Crippen molar-refractivity contribution in [2.45, 2.75) is 13.8 Å². The van der Waals surface area contributed by atoms with Gasteiger partial charge in [0.15, 0.2) is 0 Å². The van der Waals surface area contributed by atoms with Crippen LogP contribution in [0.15, 0.2) is 5.51 Å². The van der Waals surface area contributed by atoms with Crippen LogP contribution in [0.25, 0.3) is 0 Å². The maximum absolute atomic E-state index is 11.8. The third-order valence-electron chi connectivity index (χ3n) is 2.16. The molecule has 1 atom stereocenters. The van der Waals surface area contributed by atoms with Crippen LogP contribution in [0.4, 0.5) is 9.93 Å². The van der Waals surface area contributed by atoms with Gasteiger partial charge < -0.3 is 10.0 Å². The van der Waals surface area contributed by atoms with E-state index in [0.29, 0.717) is 11.7 Å². The number of carbonyl (C=O) groups is 2. The van der Waals surface area contributed by atoms with Gasteiger partial charge in [0.05, 0.1) is 5.92 Å². The van der Waals surface area contributed by atoms with Crippen LogP contribution in [-0.4, -0.2) is 45.3 Å². The Kier molecular flexibility index (Phi) is 4.83. The fourth-order valence-corrected chi connectivity index (χ4v) is 1.60. The van der Waals surface area contributed by atoms with Crippen LogP contribution < -0.4 is 5.32 Å². The number of nitrogens with one attached hydrogen (secondary N) is 1. The van der Waals surface area contributed by atoms with Crippen molar-refractivity contribution in [2.24, 2.45) is 5.92 Å². The van der Waals surface area contributed by atoms with Gasteiger partial charge in [-0.15, -0.1) is 10.2 Å². The number of carboxylic acids is 1. The largest absolute Gasteiger partial charge is 0.481 e. The molecular formula is C9H14N4O3S. The summed E-state index contributed by atoms with van der Waals surface area (Å²) in [7, 11) is 0. The minimum atomic E-state index is -0.924. The Morgan fingerprint density at radius 3 is 2.82 bits per heavy atom. The van der Waals surface area contributed by atoms with Crippen molar-refractivity contribution in [3.05, 3.63) is 5.51 Å². The minimum Gasteiger partial charge on any atom is -0.481 e. The summed E-state index contributed by atoms with van der Waals surface area (Å²) in [5.74, 6) is -1.53. The molecule has 1 unspecified atom stereocenters. The molecule has 2 N–H and O–H groups in total. The molecule has 8 heteroatoms. The number of amides is 2. The van der Waals surface area contributed by atoms with Crippen molar-refractivity contribution >= 4 is 28.5 Å². The molecule has 0 spiro atoms. The molecular weight excluding hydrogens is 244 g/mol. The van der Waals surface area contributed by atoms with Gasteiger partial charge in [-0.05, 0) is 6.92 Å². The van der Waals surface area contributed by atoms with Crippen molar-refractivity contribution in [3.8, 4) is 0 Å². The molecule has 94 valence electrons. The number of aliphatic carboxylic acids is 1. The number of nitrogens with zero attached hydrogens (tertiary/aromatic N) is 3. The standard InChI is InChI=1S/C9H14N4O3S/c1-3-13(4-6(2)7(14)15)9(16)11-8-12-10-5-17-8/h5-6H,3-4H2,1-2H3,(H,14,15)(H,11,12,16). The predicted octanol–water partition coefficient (Wildman–Crippen LogP) is 1.11. The van der Waals surface area contributed by atoms with Gasteiger partial charge in [-0.25, -0.2) is 4.79 Å². The predicted molar refractivity (Wildman–Crippen MR) is 63.0 cm³/mol. The van der Waals surface area contributed by atoms with Gasteiger partial charge in [0, 0.05) is 13.1 Å². The molecule has 0 aromatic carbocycles. The van der Waals surface area contributed by atoms with Crippen molar-refractivity contribution in [1.29, 1.82) is 0 Å². The number of aromatic nitrogens is 2. The van der Waals surface area contributed by atoms with Crippen LogP contribution in [0.1, 0.15) is 13.8 Å². The van der Waals surface area contributed by atoms with E-state index in [4.69, 9.17) is 5.11 Å². The zero-order chi connectivity index (χ0) is 12.8. The first-order chi connectivity index (χ1) is 8.04. The monoisotopic (exact) mass is 258 g/mol. The number of carbonyl (C=O) groups excluding carboxylic acids is 1. The van der Waals surface area contributed by atoms with E-state index in [1.165, 1.54) is 21.7 Å². The Morgan fingerprint density at radius 1 is 1.65 bits per heavy atom. The SMILES string of the molecule is CCN(CC(C)C(=O)O)C(=O)Nc1nncs1. The highest BCUT2D eigenvalue weighted by Gasteiger charge is 2.19. The van der Waals surface area contributed by atoms with Crippen LogP contribution >= 0.6 is 11.3 Å². The summed E-state index contributed by atoms with van der Waals surface area (Å²) in [6.45, 7) is 3.94. The van der Waals surface area contributed by atoms with Gasteiger partial charge in [0.25, 0.3) is 0 Å². The lowest BCUT2D eigenvalue weighted by molar-refractivity contribution is -0.141. The van der Waals surface area contributed by atoms with Gasteiger partial charge in [-0.3, -0.25) is 10.1 Å². The summed E-state index contributed by atoms with van der Waals surface area (Å²) < 4.78 is 0. The molecule has 0 aliphatic carbocycles. The average Bonchev–Trinajstić information content (AvgIpc) is 2.77. The zero-order valence-corrected chi connectivity index (χ0v) is 10.4. The zero-order valence-electron chi connectivity index (χ0n) is 9.58. The topological polar surface area (TPSA) is 95.4 Å². The van der Waals surface area contributed by atoms with E-state index in [9.17, 15) is 9.59 Å². The molecule has 0 radical (unpaired) electrons. The molecule has 0 saturated carbocycles. The Labute approximate surface area is 102 Å². The smallest absolute Gasteiger partial charge is 0.323 e. The Balaban J connectivity index is 2.55. The maximum Gasteiger partial charge on any atom is 0.323 e. The molecule has 0 aliphatic rings. The lowest BCUT2D eigenvalue weighted by atomic mass is 10.2. The lowest BCUT2D eigenvalue weighted by Gasteiger charge is -2.22. The van der Waals surface area contributed by atoms with Crippen molar-refractivity contribution < 1.29 is 14.7 Å². The fourth-order valence-electron chi connectivity index (χ4n) is 1.16. The van der Waals surface area contributed by atoms with Crippen molar-refractivity contribution in [3.63, 3.8) is 0 Å². The maximum atomic E-state index is 11.8. The van der Waals surface area contributed by atoms with E-state index in [0.717, 1.165) is 0 Å². The Morgan fingerprint density at radius 2 is 2.35 bits per heavy atom. The molecule has 0 aliphatic heterocycles. The van der Waals surface area contributed by atoms with Gasteiger partial charge in [-0.1, -0.05) is 18.3 Å². The van der Waals surface area contributed by atoms with Crippen LogP contribution in [0, 0.1) is 5.92 Å². The van der Waals surface area contributed by atoms with Gasteiger partial charge in [0.1, 0.15) is 5.51 Å². The summed E-state index contributed by atoms with van der Waals surface area (Å²) in [5, 5.41) is 19.0. The molecule has 0 fully saturated rings. The molecule has 17 heavy (non-hydrogen) atoms. The molecule has 0 saturated heterocycles. The second kappa shape index (κ2) is 6.14. The van der Waals surface area contributed by atoms with E-state index in [-0.39, 0.29) is 12.6 Å². The molecule has 1 aromatic rings. The molecule has 1 heterocycles. The third kappa shape index (κ3) is 3.99. The summed E-state index contributed by atoms with van der Waals surface area (Å²) in [6, 6.07) is -0.364. The van der Waals surface area contributed by atoms with E-state index in [1.54, 1.807) is 13.8 Å².